The van der Waals surface area contributed by atoms with Crippen molar-refractivity contribution in [3.8, 4) is 11.4 Å². The second-order valence-electron chi connectivity index (χ2n) is 7.89. The number of hydrogen-bond acceptors (Lipinski definition) is 6. The van der Waals surface area contributed by atoms with Crippen LogP contribution in [0.5, 0.6) is 0 Å². The second kappa shape index (κ2) is 7.98. The molecule has 0 unspecified atom stereocenters. The molecule has 30 heavy (non-hydrogen) atoms. The van der Waals surface area contributed by atoms with Crippen LogP contribution in [0.1, 0.15) is 31.9 Å². The smallest absolute Gasteiger partial charge is 0.255 e. The van der Waals surface area contributed by atoms with E-state index in [0.29, 0.717) is 39.5 Å². The maximum Gasteiger partial charge on any atom is 0.255 e. The molecule has 0 radical (unpaired) electrons. The van der Waals surface area contributed by atoms with Crippen LogP contribution in [0, 0.1) is 0 Å². The molecule has 3 aromatic rings. The Labute approximate surface area is 184 Å². The summed E-state index contributed by atoms with van der Waals surface area (Å²) < 4.78 is 1.64. The van der Waals surface area contributed by atoms with Crippen LogP contribution in [0.2, 0.25) is 10.0 Å². The van der Waals surface area contributed by atoms with Crippen LogP contribution in [0.4, 0.5) is 5.95 Å². The first-order chi connectivity index (χ1) is 14.3. The summed E-state index contributed by atoms with van der Waals surface area (Å²) in [4.78, 5) is 27.6. The molecule has 1 atom stereocenters. The van der Waals surface area contributed by atoms with E-state index in [1.807, 2.05) is 4.90 Å². The van der Waals surface area contributed by atoms with Gasteiger partial charge < -0.3 is 10.0 Å². The zero-order valence-corrected chi connectivity index (χ0v) is 18.1. The summed E-state index contributed by atoms with van der Waals surface area (Å²) in [5, 5.41) is 11.7. The molecular weight excluding hydrogens is 425 g/mol. The Morgan fingerprint density at radius 2 is 1.97 bits per heavy atom. The lowest BCUT2D eigenvalue weighted by Crippen LogP contribution is -2.53. The average Bonchev–Trinajstić information content (AvgIpc) is 2.72. The lowest BCUT2D eigenvalue weighted by atomic mass is 9.95. The predicted molar refractivity (Wildman–Crippen MR) is 117 cm³/mol. The van der Waals surface area contributed by atoms with Gasteiger partial charge >= 0.3 is 0 Å². The van der Waals surface area contributed by atoms with Gasteiger partial charge in [-0.05, 0) is 44.0 Å². The fraction of sp³-hybridized carbons (Fsp3) is 0.333. The molecule has 0 saturated carbocycles. The average molecular weight is 446 g/mol. The summed E-state index contributed by atoms with van der Waals surface area (Å²) in [5.74, 6) is 0.506. The summed E-state index contributed by atoms with van der Waals surface area (Å²) in [6, 6.07) is 8.25. The molecule has 0 bridgehead atoms. The van der Waals surface area contributed by atoms with Crippen molar-refractivity contribution >= 4 is 29.2 Å². The second-order valence-corrected chi connectivity index (χ2v) is 8.70. The summed E-state index contributed by atoms with van der Waals surface area (Å²) in [5.41, 5.74) is 1.21. The van der Waals surface area contributed by atoms with Crippen molar-refractivity contribution in [2.45, 2.75) is 38.5 Å². The van der Waals surface area contributed by atoms with Gasteiger partial charge in [-0.3, -0.25) is 9.36 Å². The van der Waals surface area contributed by atoms with Gasteiger partial charge in [0.2, 0.25) is 5.95 Å². The fourth-order valence-electron chi connectivity index (χ4n) is 3.60. The van der Waals surface area contributed by atoms with Gasteiger partial charge in [0.05, 0.1) is 34.1 Å². The van der Waals surface area contributed by atoms with Gasteiger partial charge in [0.15, 0.2) is 0 Å². The number of aliphatic hydroxyl groups excluding tert-OH is 1. The van der Waals surface area contributed by atoms with Gasteiger partial charge in [-0.2, -0.15) is 0 Å². The Morgan fingerprint density at radius 1 is 1.17 bits per heavy atom. The van der Waals surface area contributed by atoms with Crippen LogP contribution in [0.3, 0.4) is 0 Å². The van der Waals surface area contributed by atoms with Gasteiger partial charge in [0, 0.05) is 24.3 Å². The van der Waals surface area contributed by atoms with Gasteiger partial charge in [-0.1, -0.05) is 29.3 Å². The van der Waals surface area contributed by atoms with E-state index in [9.17, 15) is 9.90 Å². The Balaban J connectivity index is 1.75. The minimum atomic E-state index is -0.842. The highest BCUT2D eigenvalue weighted by Gasteiger charge is 2.36. The number of β-amino-alcohol motifs (C(OH)–C–C–N with tert-alkyl or cyclic N) is 1. The highest BCUT2D eigenvalue weighted by molar-refractivity contribution is 6.42. The molecule has 1 aromatic carbocycles. The quantitative estimate of drug-likeness (QED) is 0.658. The monoisotopic (exact) mass is 445 g/mol. The van der Waals surface area contributed by atoms with E-state index >= 15 is 0 Å². The standard InChI is InChI=1S/C21H21Cl2N5O2/c1-21(2)6-8-27-19(30)10-17(16-5-7-24-12-25-16)26-20(27)28(21)11-18(29)13-3-4-14(22)15(23)9-13/h3-5,7,9-10,12,18,29H,6,8,11H2,1-2H3/t18-/m0/s1. The maximum atomic E-state index is 12.8. The van der Waals surface area contributed by atoms with E-state index in [1.54, 1.807) is 35.0 Å². The van der Waals surface area contributed by atoms with Crippen molar-refractivity contribution in [2.75, 3.05) is 11.4 Å². The number of hydrogen-bond donors (Lipinski definition) is 1. The van der Waals surface area contributed by atoms with Gasteiger partial charge in [-0.15, -0.1) is 0 Å². The molecule has 0 spiro atoms. The van der Waals surface area contributed by atoms with Gasteiger partial charge in [0.1, 0.15) is 6.33 Å². The summed E-state index contributed by atoms with van der Waals surface area (Å²) in [6.45, 7) is 4.94. The Morgan fingerprint density at radius 3 is 2.67 bits per heavy atom. The number of fused-ring (bicyclic) bond motifs is 1. The third-order valence-electron chi connectivity index (χ3n) is 5.44. The lowest BCUT2D eigenvalue weighted by molar-refractivity contribution is 0.169. The number of anilines is 1. The molecule has 3 heterocycles. The molecule has 2 aromatic heterocycles. The Kier molecular flexibility index (Phi) is 5.53. The summed E-state index contributed by atoms with van der Waals surface area (Å²) in [7, 11) is 0. The summed E-state index contributed by atoms with van der Waals surface area (Å²) >= 11 is 12.1. The molecule has 1 aliphatic rings. The SMILES string of the molecule is CC1(C)CCn2c(nc(-c3ccncn3)cc2=O)N1C[C@H](O)c1ccc(Cl)c(Cl)c1. The molecule has 0 saturated heterocycles. The maximum absolute atomic E-state index is 12.8. The van der Waals surface area contributed by atoms with Crippen LogP contribution < -0.4 is 10.5 Å². The highest BCUT2D eigenvalue weighted by Crippen LogP contribution is 2.34. The van der Waals surface area contributed by atoms with Gasteiger partial charge in [0.25, 0.3) is 5.56 Å². The minimum absolute atomic E-state index is 0.155. The minimum Gasteiger partial charge on any atom is -0.387 e. The summed E-state index contributed by atoms with van der Waals surface area (Å²) in [6.07, 6.45) is 2.92. The predicted octanol–water partition coefficient (Wildman–Crippen LogP) is 3.73. The van der Waals surface area contributed by atoms with Crippen molar-refractivity contribution in [3.05, 3.63) is 68.8 Å². The van der Waals surface area contributed by atoms with Crippen molar-refractivity contribution < 1.29 is 5.11 Å². The Hall–Kier alpha value is -2.48. The zero-order valence-electron chi connectivity index (χ0n) is 16.6. The first-order valence-corrected chi connectivity index (χ1v) is 10.3. The first-order valence-electron chi connectivity index (χ1n) is 9.55. The number of nitrogens with zero attached hydrogens (tertiary/aromatic N) is 5. The number of aromatic nitrogens is 4. The third-order valence-corrected chi connectivity index (χ3v) is 6.17. The van der Waals surface area contributed by atoms with Crippen molar-refractivity contribution in [1.82, 2.24) is 19.5 Å². The molecule has 0 aliphatic carbocycles. The van der Waals surface area contributed by atoms with Crippen molar-refractivity contribution in [2.24, 2.45) is 0 Å². The third kappa shape index (κ3) is 3.93. The molecule has 1 N–H and O–H groups in total. The highest BCUT2D eigenvalue weighted by atomic mass is 35.5. The molecule has 0 fully saturated rings. The normalized spacial score (nSPS) is 16.2. The topological polar surface area (TPSA) is 84.1 Å². The molecule has 7 nitrogen and oxygen atoms in total. The van der Waals surface area contributed by atoms with Gasteiger partial charge in [-0.25, -0.2) is 15.0 Å². The van der Waals surface area contributed by atoms with Crippen LogP contribution in [0.15, 0.2) is 47.7 Å². The van der Waals surface area contributed by atoms with E-state index in [2.05, 4.69) is 23.8 Å². The van der Waals surface area contributed by atoms with Crippen molar-refractivity contribution in [3.63, 3.8) is 0 Å². The van der Waals surface area contributed by atoms with Crippen molar-refractivity contribution in [1.29, 1.82) is 0 Å². The molecule has 0 amide bonds. The number of aliphatic hydroxyl groups is 1. The molecule has 1 aliphatic heterocycles. The van der Waals surface area contributed by atoms with Crippen LogP contribution in [0.25, 0.3) is 11.4 Å². The molecule has 9 heteroatoms. The molecule has 156 valence electrons. The fourth-order valence-corrected chi connectivity index (χ4v) is 3.91. The number of benzene rings is 1. The van der Waals surface area contributed by atoms with E-state index in [0.717, 1.165) is 6.42 Å². The van der Waals surface area contributed by atoms with Crippen LogP contribution in [-0.4, -0.2) is 36.7 Å². The van der Waals surface area contributed by atoms with E-state index in [-0.39, 0.29) is 17.6 Å². The Bertz CT molecular complexity index is 1130. The molecular formula is C21H21Cl2N5O2. The van der Waals surface area contributed by atoms with Crippen LogP contribution >= 0.6 is 23.2 Å². The van der Waals surface area contributed by atoms with E-state index in [1.165, 1.54) is 12.4 Å². The number of rotatable bonds is 4. The molecule has 4 rings (SSSR count). The number of halogens is 2. The van der Waals surface area contributed by atoms with E-state index in [4.69, 9.17) is 28.2 Å². The first kappa shape index (κ1) is 20.8. The van der Waals surface area contributed by atoms with Crippen LogP contribution in [-0.2, 0) is 6.54 Å². The largest absolute Gasteiger partial charge is 0.387 e. The van der Waals surface area contributed by atoms with E-state index < -0.39 is 6.10 Å². The zero-order chi connectivity index (χ0) is 21.5. The lowest BCUT2D eigenvalue weighted by Gasteiger charge is -2.45.